The number of ether oxygens (including phenoxy) is 2. The molecule has 2 rings (SSSR count). The zero-order valence-corrected chi connectivity index (χ0v) is 17.4. The highest BCUT2D eigenvalue weighted by molar-refractivity contribution is 7.92. The monoisotopic (exact) mass is 429 g/mol. The second-order valence-electron chi connectivity index (χ2n) is 5.51. The number of benzene rings is 2. The Kier molecular flexibility index (Phi) is 9.04. The van der Waals surface area contributed by atoms with Crippen molar-refractivity contribution in [2.45, 2.75) is 11.8 Å². The normalized spacial score (nSPS) is 10.5. The molecule has 0 spiro atoms. The predicted octanol–water partition coefficient (Wildman–Crippen LogP) is 2.47. The first kappa shape index (κ1) is 23.5. The van der Waals surface area contributed by atoms with Crippen molar-refractivity contribution < 1.29 is 22.7 Å². The Morgan fingerprint density at radius 1 is 1.07 bits per heavy atom. The average Bonchev–Trinajstić information content (AvgIpc) is 2.63. The Labute approximate surface area is 171 Å². The summed E-state index contributed by atoms with van der Waals surface area (Å²) in [6.07, 6.45) is 0. The minimum Gasteiger partial charge on any atom is -0.495 e. The van der Waals surface area contributed by atoms with E-state index in [1.54, 1.807) is 37.4 Å². The molecule has 0 saturated carbocycles. The molecular weight excluding hydrogens is 406 g/mol. The van der Waals surface area contributed by atoms with Crippen molar-refractivity contribution in [2.24, 2.45) is 0 Å². The number of hydrogen-bond donors (Lipinski definition) is 3. The maximum atomic E-state index is 12.8. The van der Waals surface area contributed by atoms with Gasteiger partial charge in [-0.3, -0.25) is 9.52 Å². The minimum atomic E-state index is -3.93. The van der Waals surface area contributed by atoms with Crippen molar-refractivity contribution in [3.63, 3.8) is 0 Å². The van der Waals surface area contributed by atoms with Crippen LogP contribution in [-0.4, -0.2) is 41.6 Å². The maximum Gasteiger partial charge on any atom is 0.265 e. The number of hydrogen-bond acceptors (Lipinski definition) is 6. The zero-order chi connectivity index (χ0) is 19.9. The maximum absolute atomic E-state index is 12.8. The van der Waals surface area contributed by atoms with Gasteiger partial charge in [-0.05, 0) is 56.4 Å². The molecule has 0 atom stereocenters. The molecular formula is C18H24ClN3O5S. The van der Waals surface area contributed by atoms with Crippen molar-refractivity contribution >= 4 is 39.7 Å². The van der Waals surface area contributed by atoms with Crippen molar-refractivity contribution in [3.8, 4) is 11.5 Å². The number of anilines is 2. The molecule has 0 fully saturated rings. The van der Waals surface area contributed by atoms with Crippen molar-refractivity contribution in [1.82, 2.24) is 5.32 Å². The fourth-order valence-corrected chi connectivity index (χ4v) is 3.58. The van der Waals surface area contributed by atoms with Gasteiger partial charge in [0.1, 0.15) is 16.4 Å². The lowest BCUT2D eigenvalue weighted by molar-refractivity contribution is -0.115. The van der Waals surface area contributed by atoms with Gasteiger partial charge < -0.3 is 20.1 Å². The van der Waals surface area contributed by atoms with Crippen LogP contribution in [-0.2, 0) is 14.8 Å². The van der Waals surface area contributed by atoms with Crippen LogP contribution >= 0.6 is 12.4 Å². The molecule has 0 unspecified atom stereocenters. The number of likely N-dealkylation sites (N-methyl/N-ethyl adjacent to an activating group) is 1. The van der Waals surface area contributed by atoms with Crippen molar-refractivity contribution in [1.29, 1.82) is 0 Å². The number of nitrogens with one attached hydrogen (secondary N) is 3. The molecule has 0 bridgehead atoms. The molecule has 1 amide bonds. The predicted molar refractivity (Wildman–Crippen MR) is 111 cm³/mol. The molecule has 0 saturated heterocycles. The number of rotatable bonds is 9. The standard InChI is InChI=1S/C18H23N3O5S.ClH/c1-4-26-15-8-5-13(6-9-15)21-27(23,24)17-11-14(7-10-16(17)25-3)20-18(22)12-19-2;/h5-11,19,21H,4,12H2,1-3H3,(H,20,22);1H. The summed E-state index contributed by atoms with van der Waals surface area (Å²) < 4.78 is 38.6. The molecule has 0 aromatic heterocycles. The molecule has 0 aliphatic carbocycles. The Hall–Kier alpha value is -2.49. The molecule has 0 heterocycles. The van der Waals surface area contributed by atoms with Crippen LogP contribution in [0.25, 0.3) is 0 Å². The summed E-state index contributed by atoms with van der Waals surface area (Å²) in [5.74, 6) is 0.526. The lowest BCUT2D eigenvalue weighted by Gasteiger charge is -2.14. The molecule has 154 valence electrons. The number of sulfonamides is 1. The third-order valence-corrected chi connectivity index (χ3v) is 4.89. The summed E-state index contributed by atoms with van der Waals surface area (Å²) in [7, 11) is -0.912. The van der Waals surface area contributed by atoms with E-state index >= 15 is 0 Å². The van der Waals surface area contributed by atoms with Crippen LogP contribution in [0.2, 0.25) is 0 Å². The lowest BCUT2D eigenvalue weighted by Crippen LogP contribution is -2.25. The summed E-state index contributed by atoms with van der Waals surface area (Å²) in [4.78, 5) is 11.6. The topological polar surface area (TPSA) is 106 Å². The molecule has 28 heavy (non-hydrogen) atoms. The Morgan fingerprint density at radius 3 is 2.29 bits per heavy atom. The van der Waals surface area contributed by atoms with E-state index < -0.39 is 10.0 Å². The van der Waals surface area contributed by atoms with Gasteiger partial charge in [-0.1, -0.05) is 0 Å². The van der Waals surface area contributed by atoms with Crippen LogP contribution < -0.4 is 24.8 Å². The van der Waals surface area contributed by atoms with E-state index in [1.165, 1.54) is 19.2 Å². The van der Waals surface area contributed by atoms with E-state index in [0.29, 0.717) is 23.7 Å². The van der Waals surface area contributed by atoms with E-state index in [-0.39, 0.29) is 35.5 Å². The molecule has 3 N–H and O–H groups in total. The number of carbonyl (C=O) groups is 1. The van der Waals surface area contributed by atoms with E-state index in [1.807, 2.05) is 6.92 Å². The minimum absolute atomic E-state index is 0. The van der Waals surface area contributed by atoms with Crippen LogP contribution in [0.5, 0.6) is 11.5 Å². The van der Waals surface area contributed by atoms with Gasteiger partial charge in [0.05, 0.1) is 20.3 Å². The van der Waals surface area contributed by atoms with Gasteiger partial charge in [0.15, 0.2) is 0 Å². The summed E-state index contributed by atoms with van der Waals surface area (Å²) >= 11 is 0. The van der Waals surface area contributed by atoms with E-state index in [2.05, 4.69) is 15.4 Å². The highest BCUT2D eigenvalue weighted by atomic mass is 35.5. The molecule has 2 aromatic rings. The number of methoxy groups -OCH3 is 1. The highest BCUT2D eigenvalue weighted by Gasteiger charge is 2.21. The molecule has 0 aliphatic rings. The molecule has 8 nitrogen and oxygen atoms in total. The summed E-state index contributed by atoms with van der Waals surface area (Å²) in [6.45, 7) is 2.50. The third kappa shape index (κ3) is 6.29. The first-order chi connectivity index (χ1) is 12.9. The van der Waals surface area contributed by atoms with Gasteiger partial charge in [-0.2, -0.15) is 0 Å². The van der Waals surface area contributed by atoms with Gasteiger partial charge in [0, 0.05) is 11.4 Å². The summed E-state index contributed by atoms with van der Waals surface area (Å²) in [6, 6.07) is 11.0. The van der Waals surface area contributed by atoms with Crippen LogP contribution in [0.4, 0.5) is 11.4 Å². The first-order valence-corrected chi connectivity index (χ1v) is 9.76. The molecule has 0 aliphatic heterocycles. The SMILES string of the molecule is CCOc1ccc(NS(=O)(=O)c2cc(NC(=O)CNC)ccc2OC)cc1.Cl. The fourth-order valence-electron chi connectivity index (χ4n) is 2.33. The quantitative estimate of drug-likeness (QED) is 0.565. The molecule has 10 heteroatoms. The average molecular weight is 430 g/mol. The van der Waals surface area contributed by atoms with E-state index in [0.717, 1.165) is 0 Å². The van der Waals surface area contributed by atoms with Crippen molar-refractivity contribution in [3.05, 3.63) is 42.5 Å². The second kappa shape index (κ2) is 10.7. The third-order valence-electron chi connectivity index (χ3n) is 3.49. The van der Waals surface area contributed by atoms with E-state index in [9.17, 15) is 13.2 Å². The Balaban J connectivity index is 0.00000392. The van der Waals surface area contributed by atoms with E-state index in [4.69, 9.17) is 9.47 Å². The van der Waals surface area contributed by atoms with Gasteiger partial charge in [0.2, 0.25) is 5.91 Å². The summed E-state index contributed by atoms with van der Waals surface area (Å²) in [5, 5.41) is 5.35. The number of amides is 1. The van der Waals surface area contributed by atoms with Gasteiger partial charge in [-0.15, -0.1) is 12.4 Å². The van der Waals surface area contributed by atoms with Crippen LogP contribution in [0, 0.1) is 0 Å². The highest BCUT2D eigenvalue weighted by Crippen LogP contribution is 2.29. The van der Waals surface area contributed by atoms with Crippen LogP contribution in [0.1, 0.15) is 6.92 Å². The fraction of sp³-hybridized carbons (Fsp3) is 0.278. The largest absolute Gasteiger partial charge is 0.495 e. The second-order valence-corrected chi connectivity index (χ2v) is 7.16. The zero-order valence-electron chi connectivity index (χ0n) is 15.8. The summed E-state index contributed by atoms with van der Waals surface area (Å²) in [5.41, 5.74) is 0.730. The van der Waals surface area contributed by atoms with Gasteiger partial charge in [-0.25, -0.2) is 8.42 Å². The molecule has 2 aromatic carbocycles. The van der Waals surface area contributed by atoms with Gasteiger partial charge >= 0.3 is 0 Å². The first-order valence-electron chi connectivity index (χ1n) is 8.27. The van der Waals surface area contributed by atoms with Crippen LogP contribution in [0.15, 0.2) is 47.4 Å². The Morgan fingerprint density at radius 2 is 1.71 bits per heavy atom. The number of halogens is 1. The Bertz CT molecular complexity index is 889. The van der Waals surface area contributed by atoms with Crippen LogP contribution in [0.3, 0.4) is 0 Å². The van der Waals surface area contributed by atoms with Gasteiger partial charge in [0.25, 0.3) is 10.0 Å². The molecule has 0 radical (unpaired) electrons. The smallest absolute Gasteiger partial charge is 0.265 e. The van der Waals surface area contributed by atoms with Crippen molar-refractivity contribution in [2.75, 3.05) is 37.3 Å². The number of carbonyl (C=O) groups excluding carboxylic acids is 1. The lowest BCUT2D eigenvalue weighted by atomic mass is 10.3.